The minimum atomic E-state index is -0.991. The predicted molar refractivity (Wildman–Crippen MR) is 80.0 cm³/mol. The molecule has 0 saturated heterocycles. The number of aromatic carboxylic acids is 1. The summed E-state index contributed by atoms with van der Waals surface area (Å²) < 4.78 is 0.651. The molecule has 0 unspecified atom stereocenters. The fraction of sp³-hybridized carbons (Fsp3) is 0.231. The lowest BCUT2D eigenvalue weighted by atomic mass is 10.2. The first kappa shape index (κ1) is 14.0. The highest BCUT2D eigenvalue weighted by Crippen LogP contribution is 2.23. The van der Waals surface area contributed by atoms with E-state index in [1.54, 1.807) is 23.6 Å². The molecule has 0 spiro atoms. The van der Waals surface area contributed by atoms with Crippen LogP contribution in [0.4, 0.5) is 5.82 Å². The zero-order valence-electron chi connectivity index (χ0n) is 10.5. The first-order chi connectivity index (χ1) is 8.97. The van der Waals surface area contributed by atoms with E-state index in [-0.39, 0.29) is 5.56 Å². The van der Waals surface area contributed by atoms with Gasteiger partial charge in [-0.3, -0.25) is 0 Å². The number of nitrogens with one attached hydrogen (secondary N) is 1. The average molecular weight is 341 g/mol. The number of hydrogen-bond donors (Lipinski definition) is 2. The van der Waals surface area contributed by atoms with Crippen LogP contribution in [0.25, 0.3) is 0 Å². The number of rotatable bonds is 4. The van der Waals surface area contributed by atoms with Crippen molar-refractivity contribution in [2.24, 2.45) is 0 Å². The first-order valence-electron chi connectivity index (χ1n) is 5.66. The van der Waals surface area contributed by atoms with Crippen LogP contribution in [-0.2, 0) is 6.54 Å². The van der Waals surface area contributed by atoms with E-state index in [4.69, 9.17) is 5.11 Å². The van der Waals surface area contributed by atoms with Gasteiger partial charge in [0.2, 0.25) is 0 Å². The first-order valence-corrected chi connectivity index (χ1v) is 7.27. The van der Waals surface area contributed by atoms with E-state index < -0.39 is 5.97 Å². The summed E-state index contributed by atoms with van der Waals surface area (Å²) in [7, 11) is 0. The standard InChI is InChI=1S/C13H13BrN2O2S/c1-7-3-10(19-8(7)2)6-16-12-11(13(17)18)4-9(14)5-15-12/h3-5H,6H2,1-2H3,(H,15,16)(H,17,18). The highest BCUT2D eigenvalue weighted by atomic mass is 79.9. The maximum atomic E-state index is 11.1. The molecular weight excluding hydrogens is 328 g/mol. The number of nitrogens with zero attached hydrogens (tertiary/aromatic N) is 1. The van der Waals surface area contributed by atoms with Crippen LogP contribution < -0.4 is 5.32 Å². The molecule has 0 saturated carbocycles. The molecule has 2 aromatic rings. The minimum Gasteiger partial charge on any atom is -0.478 e. The zero-order valence-corrected chi connectivity index (χ0v) is 12.9. The molecule has 0 radical (unpaired) electrons. The smallest absolute Gasteiger partial charge is 0.339 e. The van der Waals surface area contributed by atoms with Crippen molar-refractivity contribution in [3.8, 4) is 0 Å². The molecule has 19 heavy (non-hydrogen) atoms. The van der Waals surface area contributed by atoms with Crippen molar-refractivity contribution < 1.29 is 9.90 Å². The van der Waals surface area contributed by atoms with Gasteiger partial charge in [0.15, 0.2) is 0 Å². The summed E-state index contributed by atoms with van der Waals surface area (Å²) in [5.41, 5.74) is 1.42. The van der Waals surface area contributed by atoms with Crippen LogP contribution in [0.1, 0.15) is 25.7 Å². The number of thiophene rings is 1. The van der Waals surface area contributed by atoms with Crippen LogP contribution in [0, 0.1) is 13.8 Å². The fourth-order valence-corrected chi connectivity index (χ4v) is 2.98. The number of hydrogen-bond acceptors (Lipinski definition) is 4. The molecule has 4 nitrogen and oxygen atoms in total. The van der Waals surface area contributed by atoms with Gasteiger partial charge < -0.3 is 10.4 Å². The number of aryl methyl sites for hydroxylation is 2. The van der Waals surface area contributed by atoms with Gasteiger partial charge in [-0.15, -0.1) is 11.3 Å². The van der Waals surface area contributed by atoms with Crippen LogP contribution in [0.15, 0.2) is 22.8 Å². The Hall–Kier alpha value is -1.40. The molecule has 0 aromatic carbocycles. The molecule has 0 aliphatic carbocycles. The summed E-state index contributed by atoms with van der Waals surface area (Å²) in [4.78, 5) is 17.7. The third kappa shape index (κ3) is 3.33. The Morgan fingerprint density at radius 1 is 1.47 bits per heavy atom. The summed E-state index contributed by atoms with van der Waals surface area (Å²) >= 11 is 4.93. The van der Waals surface area contributed by atoms with Gasteiger partial charge >= 0.3 is 5.97 Å². The van der Waals surface area contributed by atoms with Gasteiger partial charge in [-0.2, -0.15) is 0 Å². The summed E-state index contributed by atoms with van der Waals surface area (Å²) in [5, 5.41) is 12.2. The predicted octanol–water partition coefficient (Wildman–Crippen LogP) is 3.83. The molecule has 2 aromatic heterocycles. The van der Waals surface area contributed by atoms with E-state index in [0.29, 0.717) is 16.8 Å². The highest BCUT2D eigenvalue weighted by Gasteiger charge is 2.12. The van der Waals surface area contributed by atoms with E-state index in [1.807, 2.05) is 0 Å². The quantitative estimate of drug-likeness (QED) is 0.887. The van der Waals surface area contributed by atoms with Crippen LogP contribution >= 0.6 is 27.3 Å². The number of pyridine rings is 1. The molecule has 6 heteroatoms. The molecule has 0 aliphatic rings. The Kier molecular flexibility index (Phi) is 4.21. The summed E-state index contributed by atoms with van der Waals surface area (Å²) in [6.07, 6.45) is 1.58. The number of anilines is 1. The van der Waals surface area contributed by atoms with E-state index in [9.17, 15) is 4.79 Å². The number of carboxylic acid groups (broad SMARTS) is 1. The third-order valence-electron chi connectivity index (χ3n) is 2.73. The second-order valence-corrected chi connectivity index (χ2v) is 6.42. The Labute approximate surface area is 123 Å². The van der Waals surface area contributed by atoms with Crippen molar-refractivity contribution in [1.29, 1.82) is 0 Å². The van der Waals surface area contributed by atoms with Crippen molar-refractivity contribution >= 4 is 39.1 Å². The molecule has 0 atom stereocenters. The molecule has 0 amide bonds. The zero-order chi connectivity index (χ0) is 14.0. The van der Waals surface area contributed by atoms with Crippen LogP contribution in [0.5, 0.6) is 0 Å². The largest absolute Gasteiger partial charge is 0.478 e. The number of carboxylic acids is 1. The molecular formula is C13H13BrN2O2S. The minimum absolute atomic E-state index is 0.166. The SMILES string of the molecule is Cc1cc(CNc2ncc(Br)cc2C(=O)O)sc1C. The molecule has 100 valence electrons. The second kappa shape index (κ2) is 5.71. The Morgan fingerprint density at radius 2 is 2.21 bits per heavy atom. The number of carbonyl (C=O) groups is 1. The number of aromatic nitrogens is 1. The van der Waals surface area contributed by atoms with Crippen molar-refractivity contribution in [3.63, 3.8) is 0 Å². The van der Waals surface area contributed by atoms with E-state index in [1.165, 1.54) is 10.4 Å². The Morgan fingerprint density at radius 3 is 2.79 bits per heavy atom. The van der Waals surface area contributed by atoms with E-state index in [0.717, 1.165) is 4.88 Å². The summed E-state index contributed by atoms with van der Waals surface area (Å²) in [6.45, 7) is 4.72. The average Bonchev–Trinajstić information content (AvgIpc) is 2.67. The lowest BCUT2D eigenvalue weighted by Crippen LogP contribution is -2.07. The van der Waals surface area contributed by atoms with Gasteiger partial charge in [0, 0.05) is 20.4 Å². The Bertz CT molecular complexity index is 606. The molecule has 2 rings (SSSR count). The molecule has 0 fully saturated rings. The Balaban J connectivity index is 2.17. The molecule has 2 heterocycles. The fourth-order valence-electron chi connectivity index (χ4n) is 1.65. The van der Waals surface area contributed by atoms with E-state index >= 15 is 0 Å². The van der Waals surface area contributed by atoms with Gasteiger partial charge in [0.25, 0.3) is 0 Å². The second-order valence-electron chi connectivity index (χ2n) is 4.16. The topological polar surface area (TPSA) is 62.2 Å². The van der Waals surface area contributed by atoms with Gasteiger partial charge in [0.1, 0.15) is 11.4 Å². The molecule has 2 N–H and O–H groups in total. The maximum Gasteiger partial charge on any atom is 0.339 e. The lowest BCUT2D eigenvalue weighted by molar-refractivity contribution is 0.0697. The lowest BCUT2D eigenvalue weighted by Gasteiger charge is -2.07. The number of halogens is 1. The van der Waals surface area contributed by atoms with Crippen molar-refractivity contribution in [2.45, 2.75) is 20.4 Å². The van der Waals surface area contributed by atoms with Crippen molar-refractivity contribution in [2.75, 3.05) is 5.32 Å². The van der Waals surface area contributed by atoms with E-state index in [2.05, 4.69) is 46.1 Å². The van der Waals surface area contributed by atoms with Crippen molar-refractivity contribution in [1.82, 2.24) is 4.98 Å². The van der Waals surface area contributed by atoms with Gasteiger partial charge in [-0.25, -0.2) is 9.78 Å². The van der Waals surface area contributed by atoms with Gasteiger partial charge in [-0.05, 0) is 47.5 Å². The van der Waals surface area contributed by atoms with Crippen LogP contribution in [-0.4, -0.2) is 16.1 Å². The maximum absolute atomic E-state index is 11.1. The van der Waals surface area contributed by atoms with Gasteiger partial charge in [-0.1, -0.05) is 0 Å². The van der Waals surface area contributed by atoms with Gasteiger partial charge in [0.05, 0.1) is 6.54 Å². The summed E-state index contributed by atoms with van der Waals surface area (Å²) in [5.74, 6) is -0.603. The highest BCUT2D eigenvalue weighted by molar-refractivity contribution is 9.10. The van der Waals surface area contributed by atoms with Crippen molar-refractivity contribution in [3.05, 3.63) is 43.7 Å². The monoisotopic (exact) mass is 340 g/mol. The molecule has 0 aliphatic heterocycles. The molecule has 0 bridgehead atoms. The normalized spacial score (nSPS) is 10.5. The van der Waals surface area contributed by atoms with Crippen LogP contribution in [0.3, 0.4) is 0 Å². The summed E-state index contributed by atoms with van der Waals surface area (Å²) in [6, 6.07) is 3.65. The van der Waals surface area contributed by atoms with Crippen LogP contribution in [0.2, 0.25) is 0 Å². The third-order valence-corrected chi connectivity index (χ3v) is 4.32.